The molecule has 1 nitrogen and oxygen atoms in total. The SMILES string of the molecule is CCC(C)C(C)(C)C1CCC(C)CC1NC. The fourth-order valence-electron chi connectivity index (χ4n) is 3.48. The summed E-state index contributed by atoms with van der Waals surface area (Å²) in [4.78, 5) is 0. The van der Waals surface area contributed by atoms with Crippen LogP contribution in [-0.2, 0) is 0 Å². The summed E-state index contributed by atoms with van der Waals surface area (Å²) in [6.45, 7) is 12.1. The third-order valence-corrected chi connectivity index (χ3v) is 5.32. The highest BCUT2D eigenvalue weighted by Crippen LogP contribution is 2.45. The molecule has 0 amide bonds. The first-order valence-electron chi connectivity index (χ1n) is 7.10. The molecule has 1 aliphatic rings. The van der Waals surface area contributed by atoms with E-state index < -0.39 is 0 Å². The van der Waals surface area contributed by atoms with Gasteiger partial charge in [0.15, 0.2) is 0 Å². The lowest BCUT2D eigenvalue weighted by molar-refractivity contribution is 0.0502. The molecule has 16 heavy (non-hydrogen) atoms. The van der Waals surface area contributed by atoms with E-state index in [1.54, 1.807) is 0 Å². The quantitative estimate of drug-likeness (QED) is 0.760. The zero-order valence-electron chi connectivity index (χ0n) is 12.1. The van der Waals surface area contributed by atoms with Gasteiger partial charge in [0.05, 0.1) is 0 Å². The molecule has 4 atom stereocenters. The molecule has 4 unspecified atom stereocenters. The summed E-state index contributed by atoms with van der Waals surface area (Å²) in [6.07, 6.45) is 5.49. The third kappa shape index (κ3) is 2.80. The largest absolute Gasteiger partial charge is 0.317 e. The van der Waals surface area contributed by atoms with Crippen molar-refractivity contribution in [3.63, 3.8) is 0 Å². The van der Waals surface area contributed by atoms with E-state index in [9.17, 15) is 0 Å². The molecule has 0 aliphatic heterocycles. The summed E-state index contributed by atoms with van der Waals surface area (Å²) in [5.41, 5.74) is 0.475. The van der Waals surface area contributed by atoms with E-state index in [0.717, 1.165) is 23.8 Å². The van der Waals surface area contributed by atoms with Gasteiger partial charge in [0.2, 0.25) is 0 Å². The van der Waals surface area contributed by atoms with Crippen molar-refractivity contribution in [3.8, 4) is 0 Å². The van der Waals surface area contributed by atoms with Gasteiger partial charge in [0, 0.05) is 6.04 Å². The Morgan fingerprint density at radius 3 is 2.44 bits per heavy atom. The number of nitrogens with one attached hydrogen (secondary N) is 1. The molecule has 1 heteroatoms. The van der Waals surface area contributed by atoms with Crippen molar-refractivity contribution in [2.45, 2.75) is 66.3 Å². The molecule has 0 aromatic carbocycles. The van der Waals surface area contributed by atoms with Gasteiger partial charge < -0.3 is 5.32 Å². The van der Waals surface area contributed by atoms with Gasteiger partial charge in [-0.2, -0.15) is 0 Å². The summed E-state index contributed by atoms with van der Waals surface area (Å²) in [7, 11) is 2.14. The Hall–Kier alpha value is -0.0400. The van der Waals surface area contributed by atoms with Gasteiger partial charge >= 0.3 is 0 Å². The van der Waals surface area contributed by atoms with E-state index in [1.807, 2.05) is 0 Å². The maximum absolute atomic E-state index is 3.57. The van der Waals surface area contributed by atoms with Gasteiger partial charge in [-0.05, 0) is 43.1 Å². The van der Waals surface area contributed by atoms with E-state index >= 15 is 0 Å². The molecule has 0 saturated heterocycles. The van der Waals surface area contributed by atoms with E-state index in [0.29, 0.717) is 5.41 Å². The molecule has 1 fully saturated rings. The Labute approximate surface area is 102 Å². The van der Waals surface area contributed by atoms with Gasteiger partial charge in [-0.15, -0.1) is 0 Å². The zero-order chi connectivity index (χ0) is 12.3. The van der Waals surface area contributed by atoms with Gasteiger partial charge in [-0.3, -0.25) is 0 Å². The minimum Gasteiger partial charge on any atom is -0.317 e. The summed E-state index contributed by atoms with van der Waals surface area (Å²) in [6, 6.07) is 0.729. The standard InChI is InChI=1S/C15H31N/c1-7-12(3)15(4,5)13-9-8-11(2)10-14(13)16-6/h11-14,16H,7-10H2,1-6H3. The Balaban J connectivity index is 2.76. The van der Waals surface area contributed by atoms with Crippen LogP contribution in [0.15, 0.2) is 0 Å². The Kier molecular flexibility index (Phi) is 4.85. The van der Waals surface area contributed by atoms with Crippen molar-refractivity contribution in [2.75, 3.05) is 7.05 Å². The van der Waals surface area contributed by atoms with E-state index in [2.05, 4.69) is 47.0 Å². The van der Waals surface area contributed by atoms with Crippen LogP contribution in [0.1, 0.15) is 60.3 Å². The first-order valence-corrected chi connectivity index (χ1v) is 7.10. The van der Waals surface area contributed by atoms with E-state index in [1.165, 1.54) is 25.7 Å². The molecule has 0 aromatic heterocycles. The number of hydrogen-bond donors (Lipinski definition) is 1. The molecular weight excluding hydrogens is 194 g/mol. The number of hydrogen-bond acceptors (Lipinski definition) is 1. The number of rotatable bonds is 4. The van der Waals surface area contributed by atoms with E-state index in [-0.39, 0.29) is 0 Å². The van der Waals surface area contributed by atoms with Crippen molar-refractivity contribution in [3.05, 3.63) is 0 Å². The monoisotopic (exact) mass is 225 g/mol. The van der Waals surface area contributed by atoms with E-state index in [4.69, 9.17) is 0 Å². The van der Waals surface area contributed by atoms with Crippen LogP contribution in [0.2, 0.25) is 0 Å². The molecular formula is C15H31N. The Morgan fingerprint density at radius 1 is 1.31 bits per heavy atom. The van der Waals surface area contributed by atoms with Crippen LogP contribution in [0.5, 0.6) is 0 Å². The van der Waals surface area contributed by atoms with Crippen LogP contribution < -0.4 is 5.32 Å². The van der Waals surface area contributed by atoms with Crippen LogP contribution in [0.4, 0.5) is 0 Å². The maximum Gasteiger partial charge on any atom is 0.0100 e. The average Bonchev–Trinajstić information content (AvgIpc) is 2.27. The molecule has 1 aliphatic carbocycles. The lowest BCUT2D eigenvalue weighted by Crippen LogP contribution is -2.47. The van der Waals surface area contributed by atoms with Crippen LogP contribution in [0.25, 0.3) is 0 Å². The minimum atomic E-state index is 0.475. The van der Waals surface area contributed by atoms with Gasteiger partial charge in [0.1, 0.15) is 0 Å². The van der Waals surface area contributed by atoms with Crippen molar-refractivity contribution in [1.29, 1.82) is 0 Å². The molecule has 0 bridgehead atoms. The van der Waals surface area contributed by atoms with Crippen molar-refractivity contribution < 1.29 is 0 Å². The highest BCUT2D eigenvalue weighted by molar-refractivity contribution is 4.93. The van der Waals surface area contributed by atoms with Crippen molar-refractivity contribution in [1.82, 2.24) is 5.32 Å². The molecule has 96 valence electrons. The van der Waals surface area contributed by atoms with Gasteiger partial charge in [-0.25, -0.2) is 0 Å². The first kappa shape index (κ1) is 14.0. The summed E-state index contributed by atoms with van der Waals surface area (Å²) in [5, 5.41) is 3.57. The second-order valence-electron chi connectivity index (χ2n) is 6.55. The lowest BCUT2D eigenvalue weighted by atomic mass is 9.61. The first-order chi connectivity index (χ1) is 7.43. The lowest BCUT2D eigenvalue weighted by Gasteiger charge is -2.47. The fraction of sp³-hybridized carbons (Fsp3) is 1.00. The third-order valence-electron chi connectivity index (χ3n) is 5.32. The van der Waals surface area contributed by atoms with Crippen molar-refractivity contribution >= 4 is 0 Å². The Bertz CT molecular complexity index is 209. The summed E-state index contributed by atoms with van der Waals surface area (Å²) in [5.74, 6) is 2.58. The van der Waals surface area contributed by atoms with Crippen LogP contribution in [-0.4, -0.2) is 13.1 Å². The molecule has 0 spiro atoms. The maximum atomic E-state index is 3.57. The highest BCUT2D eigenvalue weighted by atomic mass is 14.9. The fourth-order valence-corrected chi connectivity index (χ4v) is 3.48. The molecule has 1 N–H and O–H groups in total. The van der Waals surface area contributed by atoms with Crippen molar-refractivity contribution in [2.24, 2.45) is 23.2 Å². The zero-order valence-corrected chi connectivity index (χ0v) is 12.1. The summed E-state index contributed by atoms with van der Waals surface area (Å²) >= 11 is 0. The van der Waals surface area contributed by atoms with Gasteiger partial charge in [0.25, 0.3) is 0 Å². The van der Waals surface area contributed by atoms with Crippen LogP contribution in [0, 0.1) is 23.2 Å². The van der Waals surface area contributed by atoms with Crippen LogP contribution >= 0.6 is 0 Å². The molecule has 0 aromatic rings. The second-order valence-corrected chi connectivity index (χ2v) is 6.55. The summed E-state index contributed by atoms with van der Waals surface area (Å²) < 4.78 is 0. The predicted octanol–water partition coefficient (Wildman–Crippen LogP) is 4.08. The minimum absolute atomic E-state index is 0.475. The highest BCUT2D eigenvalue weighted by Gasteiger charge is 2.40. The molecule has 1 rings (SSSR count). The average molecular weight is 225 g/mol. The molecule has 0 radical (unpaired) electrons. The molecule has 1 saturated carbocycles. The Morgan fingerprint density at radius 2 is 1.94 bits per heavy atom. The molecule has 0 heterocycles. The van der Waals surface area contributed by atoms with Crippen LogP contribution in [0.3, 0.4) is 0 Å². The topological polar surface area (TPSA) is 12.0 Å². The predicted molar refractivity (Wildman–Crippen MR) is 72.6 cm³/mol. The smallest absolute Gasteiger partial charge is 0.0100 e. The van der Waals surface area contributed by atoms with Gasteiger partial charge in [-0.1, -0.05) is 47.5 Å². The normalized spacial score (nSPS) is 33.8. The second kappa shape index (κ2) is 5.53.